The molecule has 2 aromatic carbocycles. The van der Waals surface area contributed by atoms with Crippen LogP contribution in [0.4, 0.5) is 0 Å². The third-order valence-electron chi connectivity index (χ3n) is 3.10. The summed E-state index contributed by atoms with van der Waals surface area (Å²) in [5.41, 5.74) is 2.04. The molecule has 0 aliphatic heterocycles. The zero-order valence-corrected chi connectivity index (χ0v) is 12.3. The van der Waals surface area contributed by atoms with E-state index in [4.69, 9.17) is 16.9 Å². The van der Waals surface area contributed by atoms with Crippen LogP contribution < -0.4 is 0 Å². The summed E-state index contributed by atoms with van der Waals surface area (Å²) in [6.07, 6.45) is 0. The number of hydrogen-bond acceptors (Lipinski definition) is 2. The van der Waals surface area contributed by atoms with Gasteiger partial charge < -0.3 is 4.90 Å². The number of benzene rings is 2. The molecule has 21 heavy (non-hydrogen) atoms. The van der Waals surface area contributed by atoms with Gasteiger partial charge in [-0.3, -0.25) is 4.79 Å². The number of alkyl halides is 1. The molecule has 2 aromatic rings. The highest BCUT2D eigenvalue weighted by Crippen LogP contribution is 2.12. The largest absolute Gasteiger partial charge is 0.333 e. The molecule has 106 valence electrons. The summed E-state index contributed by atoms with van der Waals surface area (Å²) in [6, 6.07) is 18.5. The predicted molar refractivity (Wildman–Crippen MR) is 83.1 cm³/mol. The van der Waals surface area contributed by atoms with Crippen molar-refractivity contribution in [2.75, 3.05) is 12.4 Å². The van der Waals surface area contributed by atoms with Crippen molar-refractivity contribution in [1.29, 1.82) is 5.26 Å². The van der Waals surface area contributed by atoms with Crippen molar-refractivity contribution in [3.8, 4) is 6.07 Å². The van der Waals surface area contributed by atoms with Crippen molar-refractivity contribution in [3.63, 3.8) is 0 Å². The van der Waals surface area contributed by atoms with E-state index in [1.165, 1.54) is 0 Å². The molecule has 0 aromatic heterocycles. The normalized spacial score (nSPS) is 9.90. The van der Waals surface area contributed by atoms with E-state index in [2.05, 4.69) is 0 Å². The van der Waals surface area contributed by atoms with Gasteiger partial charge in [0, 0.05) is 24.5 Å². The zero-order chi connectivity index (χ0) is 15.1. The summed E-state index contributed by atoms with van der Waals surface area (Å²) >= 11 is 5.81. The summed E-state index contributed by atoms with van der Waals surface area (Å²) in [6.45, 7) is 0.967. The first-order valence-electron chi connectivity index (χ1n) is 6.64. The van der Waals surface area contributed by atoms with Crippen LogP contribution in [0.5, 0.6) is 0 Å². The van der Waals surface area contributed by atoms with Crippen LogP contribution in [-0.2, 0) is 6.54 Å². The van der Waals surface area contributed by atoms with Gasteiger partial charge in [-0.1, -0.05) is 36.4 Å². The fraction of sp³-hybridized carbons (Fsp3) is 0.176. The lowest BCUT2D eigenvalue weighted by atomic mass is 10.1. The molecule has 0 fully saturated rings. The number of nitrogens with zero attached hydrogens (tertiary/aromatic N) is 2. The van der Waals surface area contributed by atoms with E-state index in [-0.39, 0.29) is 5.91 Å². The standard InChI is InChI=1S/C17H15ClN2O/c18-9-10-20(13-14-5-2-1-3-6-14)17(21)16-8-4-7-15(11-16)12-19/h1-8,11H,9-10,13H2. The van der Waals surface area contributed by atoms with E-state index in [1.807, 2.05) is 36.4 Å². The fourth-order valence-electron chi connectivity index (χ4n) is 2.06. The highest BCUT2D eigenvalue weighted by atomic mass is 35.5. The van der Waals surface area contributed by atoms with E-state index in [1.54, 1.807) is 29.2 Å². The van der Waals surface area contributed by atoms with Crippen molar-refractivity contribution < 1.29 is 4.79 Å². The van der Waals surface area contributed by atoms with Gasteiger partial charge in [0.15, 0.2) is 0 Å². The van der Waals surface area contributed by atoms with Crippen LogP contribution in [-0.4, -0.2) is 23.2 Å². The van der Waals surface area contributed by atoms with E-state index < -0.39 is 0 Å². The smallest absolute Gasteiger partial charge is 0.254 e. The second kappa shape index (κ2) is 7.47. The molecule has 0 saturated heterocycles. The fourth-order valence-corrected chi connectivity index (χ4v) is 2.27. The van der Waals surface area contributed by atoms with Crippen molar-refractivity contribution in [2.24, 2.45) is 0 Å². The highest BCUT2D eigenvalue weighted by Gasteiger charge is 2.16. The SMILES string of the molecule is N#Cc1cccc(C(=O)N(CCCl)Cc2ccccc2)c1. The number of nitriles is 1. The van der Waals surface area contributed by atoms with Crippen molar-refractivity contribution in [1.82, 2.24) is 4.90 Å². The molecule has 2 rings (SSSR count). The maximum Gasteiger partial charge on any atom is 0.254 e. The van der Waals surface area contributed by atoms with Gasteiger partial charge in [0.25, 0.3) is 5.91 Å². The number of halogens is 1. The van der Waals surface area contributed by atoms with E-state index >= 15 is 0 Å². The average molecular weight is 299 g/mol. The lowest BCUT2D eigenvalue weighted by molar-refractivity contribution is 0.0753. The molecular formula is C17H15ClN2O. The minimum Gasteiger partial charge on any atom is -0.333 e. The molecule has 0 bridgehead atoms. The minimum absolute atomic E-state index is 0.114. The van der Waals surface area contributed by atoms with Gasteiger partial charge in [-0.2, -0.15) is 5.26 Å². The van der Waals surface area contributed by atoms with Crippen LogP contribution >= 0.6 is 11.6 Å². The topological polar surface area (TPSA) is 44.1 Å². The number of hydrogen-bond donors (Lipinski definition) is 0. The third kappa shape index (κ3) is 4.08. The Bertz CT molecular complexity index is 649. The first-order valence-corrected chi connectivity index (χ1v) is 7.17. The van der Waals surface area contributed by atoms with Gasteiger partial charge in [0.1, 0.15) is 0 Å². The Morgan fingerprint density at radius 1 is 1.14 bits per heavy atom. The number of amides is 1. The molecular weight excluding hydrogens is 284 g/mol. The summed E-state index contributed by atoms with van der Waals surface area (Å²) in [5, 5.41) is 8.92. The van der Waals surface area contributed by atoms with Crippen molar-refractivity contribution >= 4 is 17.5 Å². The quantitative estimate of drug-likeness (QED) is 0.794. The van der Waals surface area contributed by atoms with Crippen LogP contribution in [0.1, 0.15) is 21.5 Å². The maximum atomic E-state index is 12.6. The second-order valence-electron chi connectivity index (χ2n) is 4.59. The number of carbonyl (C=O) groups is 1. The Morgan fingerprint density at radius 2 is 1.90 bits per heavy atom. The Balaban J connectivity index is 2.21. The molecule has 0 aliphatic carbocycles. The monoisotopic (exact) mass is 298 g/mol. The molecule has 3 nitrogen and oxygen atoms in total. The molecule has 0 spiro atoms. The zero-order valence-electron chi connectivity index (χ0n) is 11.5. The van der Waals surface area contributed by atoms with E-state index in [0.717, 1.165) is 5.56 Å². The lowest BCUT2D eigenvalue weighted by Gasteiger charge is -2.22. The Labute approximate surface area is 129 Å². The van der Waals surface area contributed by atoms with Crippen molar-refractivity contribution in [2.45, 2.75) is 6.54 Å². The maximum absolute atomic E-state index is 12.6. The van der Waals surface area contributed by atoms with Crippen LogP contribution in [0.15, 0.2) is 54.6 Å². The van der Waals surface area contributed by atoms with Crippen LogP contribution in [0.2, 0.25) is 0 Å². The van der Waals surface area contributed by atoms with Gasteiger partial charge in [-0.15, -0.1) is 11.6 Å². The summed E-state index contributed by atoms with van der Waals surface area (Å²) in [5.74, 6) is 0.257. The lowest BCUT2D eigenvalue weighted by Crippen LogP contribution is -2.32. The van der Waals surface area contributed by atoms with Gasteiger partial charge in [-0.25, -0.2) is 0 Å². The first kappa shape index (κ1) is 15.1. The number of carbonyl (C=O) groups excluding carboxylic acids is 1. The molecule has 0 atom stereocenters. The third-order valence-corrected chi connectivity index (χ3v) is 3.27. The minimum atomic E-state index is -0.114. The van der Waals surface area contributed by atoms with Gasteiger partial charge >= 0.3 is 0 Å². The molecule has 0 unspecified atom stereocenters. The first-order chi connectivity index (χ1) is 10.2. The molecule has 0 aliphatic rings. The molecule has 0 heterocycles. The molecule has 0 N–H and O–H groups in total. The Kier molecular flexibility index (Phi) is 5.36. The molecule has 4 heteroatoms. The van der Waals surface area contributed by atoms with Crippen LogP contribution in [0, 0.1) is 11.3 Å². The molecule has 0 radical (unpaired) electrons. The average Bonchev–Trinajstić information content (AvgIpc) is 2.55. The summed E-state index contributed by atoms with van der Waals surface area (Å²) in [4.78, 5) is 14.3. The summed E-state index contributed by atoms with van der Waals surface area (Å²) in [7, 11) is 0. The van der Waals surface area contributed by atoms with Crippen LogP contribution in [0.25, 0.3) is 0 Å². The van der Waals surface area contributed by atoms with Crippen LogP contribution in [0.3, 0.4) is 0 Å². The number of rotatable bonds is 5. The van der Waals surface area contributed by atoms with Gasteiger partial charge in [0.2, 0.25) is 0 Å². The van der Waals surface area contributed by atoms with E-state index in [9.17, 15) is 4.79 Å². The predicted octanol–water partition coefficient (Wildman–Crippen LogP) is 3.44. The van der Waals surface area contributed by atoms with Gasteiger partial charge in [0.05, 0.1) is 11.6 Å². The second-order valence-corrected chi connectivity index (χ2v) is 4.97. The van der Waals surface area contributed by atoms with Gasteiger partial charge in [-0.05, 0) is 23.8 Å². The van der Waals surface area contributed by atoms with Crippen molar-refractivity contribution in [3.05, 3.63) is 71.3 Å². The van der Waals surface area contributed by atoms with E-state index in [0.29, 0.717) is 30.1 Å². The highest BCUT2D eigenvalue weighted by molar-refractivity contribution is 6.18. The Hall–Kier alpha value is -2.31. The Morgan fingerprint density at radius 3 is 2.57 bits per heavy atom. The molecule has 1 amide bonds. The summed E-state index contributed by atoms with van der Waals surface area (Å²) < 4.78 is 0. The molecule has 0 saturated carbocycles.